The summed E-state index contributed by atoms with van der Waals surface area (Å²) in [5.74, 6) is 0. The number of rotatable bonds is 0. The van der Waals surface area contributed by atoms with Crippen LogP contribution in [0.2, 0.25) is 0 Å². The molecular weight excluding hydrogens is 350 g/mol. The van der Waals surface area contributed by atoms with Crippen LogP contribution in [-0.4, -0.2) is 4.98 Å². The van der Waals surface area contributed by atoms with Crippen molar-refractivity contribution in [1.82, 2.24) is 4.98 Å². The second-order valence-corrected chi connectivity index (χ2v) is 7.97. The van der Waals surface area contributed by atoms with Gasteiger partial charge in [0.1, 0.15) is 0 Å². The van der Waals surface area contributed by atoms with E-state index in [-0.39, 0.29) is 5.41 Å². The Balaban J connectivity index is 1.80. The molecule has 2 aliphatic carbocycles. The van der Waals surface area contributed by atoms with Gasteiger partial charge in [0.05, 0.1) is 5.41 Å². The lowest BCUT2D eigenvalue weighted by molar-refractivity contribution is 0.767. The molecule has 0 bridgehead atoms. The second kappa shape index (κ2) is 5.21. The molecule has 1 aromatic heterocycles. The fraction of sp³-hybridized carbons (Fsp3) is 0.0357. The third-order valence-corrected chi connectivity index (χ3v) is 6.78. The van der Waals surface area contributed by atoms with Gasteiger partial charge in [0.25, 0.3) is 0 Å². The molecule has 4 aromatic carbocycles. The Morgan fingerprint density at radius 2 is 1.07 bits per heavy atom. The van der Waals surface area contributed by atoms with Gasteiger partial charge in [-0.1, -0.05) is 84.9 Å². The van der Waals surface area contributed by atoms with Gasteiger partial charge < -0.3 is 0 Å². The number of hydrogen-bond donors (Lipinski definition) is 0. The van der Waals surface area contributed by atoms with Crippen LogP contribution in [0.3, 0.4) is 0 Å². The molecule has 1 spiro atoms. The molecule has 0 radical (unpaired) electrons. The molecule has 0 aliphatic heterocycles. The quantitative estimate of drug-likeness (QED) is 0.295. The van der Waals surface area contributed by atoms with E-state index in [0.29, 0.717) is 0 Å². The summed E-state index contributed by atoms with van der Waals surface area (Å²) in [6, 6.07) is 33.4. The predicted octanol–water partition coefficient (Wildman–Crippen LogP) is 6.58. The van der Waals surface area contributed by atoms with E-state index in [1.807, 2.05) is 6.20 Å². The first-order valence-electron chi connectivity index (χ1n) is 10.1. The highest BCUT2D eigenvalue weighted by Gasteiger charge is 2.49. The molecule has 134 valence electrons. The van der Waals surface area contributed by atoms with Crippen LogP contribution in [0.4, 0.5) is 0 Å². The molecule has 5 aromatic rings. The minimum atomic E-state index is -0.329. The van der Waals surface area contributed by atoms with Crippen molar-refractivity contribution in [2.24, 2.45) is 0 Å². The molecular formula is C28H17N. The average Bonchev–Trinajstić information content (AvgIpc) is 3.09. The van der Waals surface area contributed by atoms with Crippen LogP contribution >= 0.6 is 0 Å². The van der Waals surface area contributed by atoms with Gasteiger partial charge in [0, 0.05) is 12.4 Å². The van der Waals surface area contributed by atoms with Crippen LogP contribution in [0.5, 0.6) is 0 Å². The average molecular weight is 367 g/mol. The smallest absolute Gasteiger partial charge is 0.0740 e. The van der Waals surface area contributed by atoms with Crippen molar-refractivity contribution in [2.75, 3.05) is 0 Å². The van der Waals surface area contributed by atoms with E-state index in [0.717, 1.165) is 0 Å². The zero-order valence-electron chi connectivity index (χ0n) is 15.8. The van der Waals surface area contributed by atoms with Gasteiger partial charge in [-0.3, -0.25) is 4.98 Å². The van der Waals surface area contributed by atoms with Gasteiger partial charge in [0.2, 0.25) is 0 Å². The molecule has 1 nitrogen and oxygen atoms in total. The monoisotopic (exact) mass is 367 g/mol. The van der Waals surface area contributed by atoms with Gasteiger partial charge in [-0.2, -0.15) is 0 Å². The maximum Gasteiger partial charge on any atom is 0.0740 e. The molecule has 29 heavy (non-hydrogen) atoms. The van der Waals surface area contributed by atoms with Gasteiger partial charge in [-0.15, -0.1) is 0 Å². The minimum Gasteiger partial charge on any atom is -0.264 e. The lowest BCUT2D eigenvalue weighted by Crippen LogP contribution is -2.31. The van der Waals surface area contributed by atoms with Gasteiger partial charge >= 0.3 is 0 Å². The summed E-state index contributed by atoms with van der Waals surface area (Å²) in [6.07, 6.45) is 4.01. The van der Waals surface area contributed by atoms with Gasteiger partial charge in [-0.25, -0.2) is 0 Å². The molecule has 7 rings (SSSR count). The molecule has 1 heteroatoms. The zero-order chi connectivity index (χ0) is 19.0. The van der Waals surface area contributed by atoms with Crippen molar-refractivity contribution in [3.8, 4) is 22.3 Å². The Labute approximate surface area is 169 Å². The van der Waals surface area contributed by atoms with Crippen molar-refractivity contribution < 1.29 is 0 Å². The Bertz CT molecular complexity index is 1410. The van der Waals surface area contributed by atoms with Crippen LogP contribution in [0.1, 0.15) is 22.3 Å². The Morgan fingerprint density at radius 1 is 0.483 bits per heavy atom. The van der Waals surface area contributed by atoms with Crippen LogP contribution in [0, 0.1) is 0 Å². The Morgan fingerprint density at radius 3 is 1.83 bits per heavy atom. The molecule has 0 atom stereocenters. The van der Waals surface area contributed by atoms with Crippen LogP contribution in [0.15, 0.2) is 103 Å². The SMILES string of the molecule is c1ccc2c(c1)-c1ccccc1C21c2cnccc2-c2cccc3cccc1c23. The van der Waals surface area contributed by atoms with Crippen molar-refractivity contribution in [2.45, 2.75) is 5.41 Å². The van der Waals surface area contributed by atoms with Crippen LogP contribution in [-0.2, 0) is 5.41 Å². The Kier molecular flexibility index (Phi) is 2.74. The molecule has 0 N–H and O–H groups in total. The van der Waals surface area contributed by atoms with Crippen molar-refractivity contribution >= 4 is 10.8 Å². The summed E-state index contributed by atoms with van der Waals surface area (Å²) >= 11 is 0. The second-order valence-electron chi connectivity index (χ2n) is 7.97. The van der Waals surface area contributed by atoms with E-state index < -0.39 is 0 Å². The molecule has 0 unspecified atom stereocenters. The maximum atomic E-state index is 4.60. The third-order valence-electron chi connectivity index (χ3n) is 6.78. The predicted molar refractivity (Wildman–Crippen MR) is 118 cm³/mol. The van der Waals surface area contributed by atoms with Crippen molar-refractivity contribution in [1.29, 1.82) is 0 Å². The fourth-order valence-electron chi connectivity index (χ4n) is 5.77. The van der Waals surface area contributed by atoms with E-state index in [1.54, 1.807) is 0 Å². The molecule has 1 heterocycles. The van der Waals surface area contributed by atoms with E-state index in [2.05, 4.69) is 102 Å². The largest absolute Gasteiger partial charge is 0.264 e. The number of fused-ring (bicyclic) bond motifs is 9. The van der Waals surface area contributed by atoms with Crippen molar-refractivity contribution in [3.63, 3.8) is 0 Å². The fourth-order valence-corrected chi connectivity index (χ4v) is 5.77. The summed E-state index contributed by atoms with van der Waals surface area (Å²) in [5, 5.41) is 2.66. The molecule has 0 saturated carbocycles. The maximum absolute atomic E-state index is 4.60. The lowest BCUT2D eigenvalue weighted by atomic mass is 9.62. The normalized spacial score (nSPS) is 14.5. The van der Waals surface area contributed by atoms with E-state index >= 15 is 0 Å². The summed E-state index contributed by atoms with van der Waals surface area (Å²) < 4.78 is 0. The highest BCUT2D eigenvalue weighted by Crippen LogP contribution is 2.61. The minimum absolute atomic E-state index is 0.329. The number of benzene rings is 4. The first-order chi connectivity index (χ1) is 14.4. The third kappa shape index (κ3) is 1.66. The van der Waals surface area contributed by atoms with Gasteiger partial charge in [-0.05, 0) is 61.3 Å². The summed E-state index contributed by atoms with van der Waals surface area (Å²) in [7, 11) is 0. The highest BCUT2D eigenvalue weighted by atomic mass is 14.6. The highest BCUT2D eigenvalue weighted by molar-refractivity contribution is 6.06. The Hall–Kier alpha value is -3.71. The van der Waals surface area contributed by atoms with Crippen LogP contribution < -0.4 is 0 Å². The van der Waals surface area contributed by atoms with E-state index in [1.165, 1.54) is 55.3 Å². The number of hydrogen-bond acceptors (Lipinski definition) is 1. The summed E-state index contributed by atoms with van der Waals surface area (Å²) in [4.78, 5) is 4.60. The lowest BCUT2D eigenvalue weighted by Gasteiger charge is -2.39. The number of nitrogens with zero attached hydrogens (tertiary/aromatic N) is 1. The number of pyridine rings is 1. The first-order valence-corrected chi connectivity index (χ1v) is 10.1. The molecule has 0 amide bonds. The zero-order valence-corrected chi connectivity index (χ0v) is 15.8. The first kappa shape index (κ1) is 15.2. The number of aromatic nitrogens is 1. The summed E-state index contributed by atoms with van der Waals surface area (Å²) in [6.45, 7) is 0. The molecule has 0 saturated heterocycles. The topological polar surface area (TPSA) is 12.9 Å². The van der Waals surface area contributed by atoms with Gasteiger partial charge in [0.15, 0.2) is 0 Å². The molecule has 0 fully saturated rings. The van der Waals surface area contributed by atoms with Crippen molar-refractivity contribution in [3.05, 3.63) is 126 Å². The summed E-state index contributed by atoms with van der Waals surface area (Å²) in [5.41, 5.74) is 10.3. The molecule has 2 aliphatic rings. The standard InChI is InChI=1S/C28H17N/c1-3-12-23-19(9-1)20-10-2-4-13-24(20)28(23)25-14-6-8-18-7-5-11-22(27(18)25)21-15-16-29-17-26(21)28/h1-17H. The van der Waals surface area contributed by atoms with E-state index in [9.17, 15) is 0 Å². The van der Waals surface area contributed by atoms with Crippen LogP contribution in [0.25, 0.3) is 33.0 Å². The van der Waals surface area contributed by atoms with E-state index in [4.69, 9.17) is 0 Å².